The molecule has 0 aliphatic carbocycles. The molecule has 0 heterocycles. The van der Waals surface area contributed by atoms with Crippen molar-refractivity contribution in [1.29, 1.82) is 0 Å². The second-order valence-electron chi connectivity index (χ2n) is 5.41. The lowest BCUT2D eigenvalue weighted by Crippen LogP contribution is -2.20. The molecule has 0 aliphatic rings. The maximum Gasteiger partial charge on any atom is 0.271 e. The van der Waals surface area contributed by atoms with Gasteiger partial charge in [-0.25, -0.2) is 19.0 Å². The Morgan fingerprint density at radius 3 is 2.59 bits per heavy atom. The molecule has 1 aromatic carbocycles. The minimum absolute atomic E-state index is 0.0318. The van der Waals surface area contributed by atoms with E-state index >= 15 is 0 Å². The van der Waals surface area contributed by atoms with Gasteiger partial charge in [0, 0.05) is 11.3 Å². The van der Waals surface area contributed by atoms with Gasteiger partial charge in [0.2, 0.25) is 10.0 Å². The Hall–Kier alpha value is -1.44. The van der Waals surface area contributed by atoms with Crippen molar-refractivity contribution in [2.75, 3.05) is 0 Å². The van der Waals surface area contributed by atoms with Crippen LogP contribution >= 0.6 is 11.6 Å². The molecule has 8 heteroatoms. The number of hydrogen-bond acceptors (Lipinski definition) is 4. The number of primary sulfonamides is 1. The number of hydrazone groups is 1. The summed E-state index contributed by atoms with van der Waals surface area (Å²) in [6.45, 7) is 6.03. The highest BCUT2D eigenvalue weighted by atomic mass is 35.5. The molecule has 6 nitrogen and oxygen atoms in total. The van der Waals surface area contributed by atoms with Crippen molar-refractivity contribution in [3.8, 4) is 0 Å². The van der Waals surface area contributed by atoms with Crippen molar-refractivity contribution < 1.29 is 13.2 Å². The molecule has 0 radical (unpaired) electrons. The van der Waals surface area contributed by atoms with Crippen LogP contribution in [0, 0.1) is 5.92 Å². The molecule has 0 unspecified atom stereocenters. The molecule has 1 aromatic rings. The van der Waals surface area contributed by atoms with Gasteiger partial charge in [-0.3, -0.25) is 4.79 Å². The smallest absolute Gasteiger partial charge is 0.267 e. The van der Waals surface area contributed by atoms with E-state index in [-0.39, 0.29) is 15.5 Å². The van der Waals surface area contributed by atoms with Crippen LogP contribution < -0.4 is 10.6 Å². The van der Waals surface area contributed by atoms with E-state index in [1.807, 2.05) is 6.92 Å². The van der Waals surface area contributed by atoms with E-state index in [1.54, 1.807) is 0 Å². The van der Waals surface area contributed by atoms with E-state index in [9.17, 15) is 13.2 Å². The van der Waals surface area contributed by atoms with Crippen molar-refractivity contribution >= 4 is 33.2 Å². The van der Waals surface area contributed by atoms with Gasteiger partial charge in [-0.1, -0.05) is 25.4 Å². The van der Waals surface area contributed by atoms with E-state index in [1.165, 1.54) is 12.1 Å². The Kier molecular flexibility index (Phi) is 6.52. The summed E-state index contributed by atoms with van der Waals surface area (Å²) in [5.41, 5.74) is 3.30. The molecule has 22 heavy (non-hydrogen) atoms. The Morgan fingerprint density at radius 2 is 2.05 bits per heavy atom. The second kappa shape index (κ2) is 7.71. The molecule has 0 bridgehead atoms. The van der Waals surface area contributed by atoms with Crippen molar-refractivity contribution in [2.24, 2.45) is 16.2 Å². The molecule has 122 valence electrons. The predicted octanol–water partition coefficient (Wildman–Crippen LogP) is 2.53. The standard InChI is InChI=1S/C14H20ClN3O3S/c1-9(2)4-5-10(3)17-18-14(19)11-6-7-12(15)13(8-11)22(16,20)21/h6-9H,4-5H2,1-3H3,(H,18,19)(H2,16,20,21)/b17-10-. The highest BCUT2D eigenvalue weighted by Crippen LogP contribution is 2.21. The molecule has 0 saturated heterocycles. The number of benzene rings is 1. The predicted molar refractivity (Wildman–Crippen MR) is 87.5 cm³/mol. The number of rotatable bonds is 6. The topological polar surface area (TPSA) is 102 Å². The van der Waals surface area contributed by atoms with Gasteiger partial charge in [0.05, 0.1) is 5.02 Å². The van der Waals surface area contributed by atoms with Gasteiger partial charge in [-0.15, -0.1) is 0 Å². The van der Waals surface area contributed by atoms with E-state index in [4.69, 9.17) is 16.7 Å². The highest BCUT2D eigenvalue weighted by Gasteiger charge is 2.16. The number of nitrogens with two attached hydrogens (primary N) is 1. The fraction of sp³-hybridized carbons (Fsp3) is 0.429. The quantitative estimate of drug-likeness (QED) is 0.611. The van der Waals surface area contributed by atoms with Crippen molar-refractivity contribution in [3.63, 3.8) is 0 Å². The number of nitrogens with one attached hydrogen (secondary N) is 1. The molecule has 0 atom stereocenters. The minimum Gasteiger partial charge on any atom is -0.267 e. The molecule has 3 N–H and O–H groups in total. The lowest BCUT2D eigenvalue weighted by molar-refractivity contribution is 0.0954. The van der Waals surface area contributed by atoms with Crippen LogP contribution in [0.3, 0.4) is 0 Å². The normalized spacial score (nSPS) is 12.5. The van der Waals surface area contributed by atoms with E-state index in [0.717, 1.165) is 24.6 Å². The van der Waals surface area contributed by atoms with Gasteiger partial charge in [0.25, 0.3) is 5.91 Å². The zero-order chi connectivity index (χ0) is 16.9. The minimum atomic E-state index is -3.99. The fourth-order valence-corrected chi connectivity index (χ4v) is 2.70. The summed E-state index contributed by atoms with van der Waals surface area (Å²) >= 11 is 5.77. The lowest BCUT2D eigenvalue weighted by Gasteiger charge is -2.06. The first kappa shape index (κ1) is 18.6. The Bertz CT molecular complexity index is 685. The SMILES string of the molecule is C/C(CCC(C)C)=N/NC(=O)c1ccc(Cl)c(S(N)(=O)=O)c1. The first-order valence-corrected chi connectivity index (χ1v) is 8.69. The van der Waals surface area contributed by atoms with E-state index in [2.05, 4.69) is 24.4 Å². The van der Waals surface area contributed by atoms with E-state index < -0.39 is 15.9 Å². The lowest BCUT2D eigenvalue weighted by atomic mass is 10.1. The van der Waals surface area contributed by atoms with Crippen LogP contribution in [-0.4, -0.2) is 20.0 Å². The first-order valence-electron chi connectivity index (χ1n) is 6.77. The number of nitrogens with zero attached hydrogens (tertiary/aromatic N) is 1. The average Bonchev–Trinajstić information content (AvgIpc) is 2.41. The van der Waals surface area contributed by atoms with Gasteiger partial charge in [-0.05, 0) is 43.9 Å². The van der Waals surface area contributed by atoms with Crippen LogP contribution in [0.4, 0.5) is 0 Å². The summed E-state index contributed by atoms with van der Waals surface area (Å²) in [5, 5.41) is 9.00. The molecular weight excluding hydrogens is 326 g/mol. The van der Waals surface area contributed by atoms with Crippen molar-refractivity contribution in [3.05, 3.63) is 28.8 Å². The molecule has 0 saturated carbocycles. The van der Waals surface area contributed by atoms with E-state index in [0.29, 0.717) is 5.92 Å². The number of halogens is 1. The Labute approximate surface area is 135 Å². The zero-order valence-corrected chi connectivity index (χ0v) is 14.3. The largest absolute Gasteiger partial charge is 0.271 e. The number of hydrogen-bond donors (Lipinski definition) is 2. The molecule has 0 aliphatic heterocycles. The Balaban J connectivity index is 2.85. The molecular formula is C14H20ClN3O3S. The maximum absolute atomic E-state index is 12.0. The van der Waals surface area contributed by atoms with Gasteiger partial charge < -0.3 is 0 Å². The highest BCUT2D eigenvalue weighted by molar-refractivity contribution is 7.89. The summed E-state index contributed by atoms with van der Waals surface area (Å²) in [5.74, 6) is 0.0277. The van der Waals surface area contributed by atoms with Gasteiger partial charge >= 0.3 is 0 Å². The fourth-order valence-electron chi connectivity index (χ4n) is 1.63. The van der Waals surface area contributed by atoms with Crippen LogP contribution in [0.1, 0.15) is 44.0 Å². The van der Waals surface area contributed by atoms with Gasteiger partial charge in [0.1, 0.15) is 4.90 Å². The molecule has 0 aromatic heterocycles. The molecule has 1 amide bonds. The summed E-state index contributed by atoms with van der Waals surface area (Å²) < 4.78 is 22.8. The monoisotopic (exact) mass is 345 g/mol. The van der Waals surface area contributed by atoms with Gasteiger partial charge in [0.15, 0.2) is 0 Å². The third-order valence-corrected chi connectivity index (χ3v) is 4.32. The summed E-state index contributed by atoms with van der Waals surface area (Å²) in [6, 6.07) is 3.85. The van der Waals surface area contributed by atoms with Crippen LogP contribution in [0.2, 0.25) is 5.02 Å². The van der Waals surface area contributed by atoms with Crippen molar-refractivity contribution in [1.82, 2.24) is 5.43 Å². The third-order valence-electron chi connectivity index (χ3n) is 2.93. The average molecular weight is 346 g/mol. The second-order valence-corrected chi connectivity index (χ2v) is 7.35. The van der Waals surface area contributed by atoms with Gasteiger partial charge in [-0.2, -0.15) is 5.10 Å². The Morgan fingerprint density at radius 1 is 1.41 bits per heavy atom. The first-order chi connectivity index (χ1) is 10.1. The molecule has 0 spiro atoms. The summed E-state index contributed by atoms with van der Waals surface area (Å²) in [4.78, 5) is 11.7. The number of amides is 1. The molecule has 1 rings (SSSR count). The summed E-state index contributed by atoms with van der Waals surface area (Å²) in [6.07, 6.45) is 1.75. The van der Waals surface area contributed by atoms with Crippen LogP contribution in [0.5, 0.6) is 0 Å². The van der Waals surface area contributed by atoms with Crippen LogP contribution in [0.15, 0.2) is 28.2 Å². The van der Waals surface area contributed by atoms with Crippen molar-refractivity contribution in [2.45, 2.75) is 38.5 Å². The maximum atomic E-state index is 12.0. The molecule has 0 fully saturated rings. The number of carbonyl (C=O) groups is 1. The summed E-state index contributed by atoms with van der Waals surface area (Å²) in [7, 11) is -3.99. The third kappa shape index (κ3) is 5.75. The zero-order valence-electron chi connectivity index (χ0n) is 12.8. The number of carbonyl (C=O) groups excluding carboxylic acids is 1. The van der Waals surface area contributed by atoms with Crippen LogP contribution in [-0.2, 0) is 10.0 Å². The number of sulfonamides is 1. The van der Waals surface area contributed by atoms with Crippen LogP contribution in [0.25, 0.3) is 0 Å².